The quantitative estimate of drug-likeness (QED) is 0.794. The molecule has 1 atom stereocenters. The summed E-state index contributed by atoms with van der Waals surface area (Å²) in [4.78, 5) is 11.7. The number of hydrogen-bond donors (Lipinski definition) is 1. The molecule has 17 heavy (non-hydrogen) atoms. The number of anilines is 1. The van der Waals surface area contributed by atoms with E-state index < -0.39 is 11.9 Å². The van der Waals surface area contributed by atoms with Crippen molar-refractivity contribution in [3.63, 3.8) is 0 Å². The number of benzene rings is 1. The molecule has 0 unspecified atom stereocenters. The Morgan fingerprint density at radius 1 is 1.65 bits per heavy atom. The second-order valence-corrected chi connectivity index (χ2v) is 4.32. The molecule has 0 bridgehead atoms. The van der Waals surface area contributed by atoms with Gasteiger partial charge in [0.05, 0.1) is 17.6 Å². The van der Waals surface area contributed by atoms with Crippen molar-refractivity contribution in [2.75, 3.05) is 5.32 Å². The highest BCUT2D eigenvalue weighted by atomic mass is 35.5. The molecule has 88 valence electrons. The van der Waals surface area contributed by atoms with Crippen molar-refractivity contribution < 1.29 is 9.18 Å². The molecule has 6 heteroatoms. The Balaban J connectivity index is 2.42. The fourth-order valence-electron chi connectivity index (χ4n) is 2.10. The Labute approximate surface area is 101 Å². The van der Waals surface area contributed by atoms with Crippen LogP contribution in [-0.4, -0.2) is 15.7 Å². The largest absolute Gasteiger partial charge is 0.320 e. The highest BCUT2D eigenvalue weighted by Crippen LogP contribution is 2.35. The first-order valence-electron chi connectivity index (χ1n) is 5.19. The van der Waals surface area contributed by atoms with Crippen LogP contribution in [0.3, 0.4) is 0 Å². The Morgan fingerprint density at radius 2 is 2.41 bits per heavy atom. The maximum absolute atomic E-state index is 14.1. The summed E-state index contributed by atoms with van der Waals surface area (Å²) < 4.78 is 15.6. The maximum atomic E-state index is 14.1. The van der Waals surface area contributed by atoms with Gasteiger partial charge >= 0.3 is 0 Å². The topological polar surface area (TPSA) is 46.9 Å². The van der Waals surface area contributed by atoms with Crippen molar-refractivity contribution in [1.29, 1.82) is 0 Å². The summed E-state index contributed by atoms with van der Waals surface area (Å²) in [6, 6.07) is 1.23. The number of carbonyl (C=O) groups is 1. The first kappa shape index (κ1) is 10.5. The minimum absolute atomic E-state index is 0.0609. The molecular formula is C11H9ClFN3O. The van der Waals surface area contributed by atoms with Crippen molar-refractivity contribution in [2.45, 2.75) is 18.8 Å². The van der Waals surface area contributed by atoms with Crippen LogP contribution < -0.4 is 5.32 Å². The standard InChI is InChI=1S/C11H9ClFN3O/c1-5-11(17)15-9-8(13)6(3-12)2-7-4-14-16(5)10(7)9/h2,4-5H,3H2,1H3,(H,15,17)/t5-/m1/s1. The normalized spacial score (nSPS) is 18.5. The summed E-state index contributed by atoms with van der Waals surface area (Å²) in [6.45, 7) is 1.72. The van der Waals surface area contributed by atoms with Gasteiger partial charge in [-0.05, 0) is 13.0 Å². The van der Waals surface area contributed by atoms with Gasteiger partial charge in [-0.2, -0.15) is 5.10 Å². The predicted octanol–water partition coefficient (Wildman–Crippen LogP) is 2.43. The van der Waals surface area contributed by atoms with E-state index in [0.717, 1.165) is 5.39 Å². The molecular weight excluding hydrogens is 245 g/mol. The Hall–Kier alpha value is -1.62. The lowest BCUT2D eigenvalue weighted by Crippen LogP contribution is -2.29. The minimum atomic E-state index is -0.477. The van der Waals surface area contributed by atoms with Gasteiger partial charge in [0.1, 0.15) is 11.7 Å². The number of aromatic nitrogens is 2. The Bertz CT molecular complexity index is 637. The molecule has 0 saturated carbocycles. The van der Waals surface area contributed by atoms with Crippen LogP contribution in [0.2, 0.25) is 0 Å². The van der Waals surface area contributed by atoms with Crippen molar-refractivity contribution in [1.82, 2.24) is 9.78 Å². The number of alkyl halides is 1. The molecule has 2 heterocycles. The third-order valence-electron chi connectivity index (χ3n) is 3.03. The first-order valence-corrected chi connectivity index (χ1v) is 5.72. The zero-order valence-electron chi connectivity index (χ0n) is 9.00. The zero-order valence-corrected chi connectivity index (χ0v) is 9.75. The van der Waals surface area contributed by atoms with Crippen molar-refractivity contribution in [2.24, 2.45) is 0 Å². The number of carbonyl (C=O) groups excluding carboxylic acids is 1. The average molecular weight is 254 g/mol. The third kappa shape index (κ3) is 1.29. The summed E-state index contributed by atoms with van der Waals surface area (Å²) >= 11 is 5.67. The third-order valence-corrected chi connectivity index (χ3v) is 3.32. The number of nitrogens with zero attached hydrogens (tertiary/aromatic N) is 2. The summed E-state index contributed by atoms with van der Waals surface area (Å²) in [5.41, 5.74) is 1.16. The van der Waals surface area contributed by atoms with Crippen LogP contribution in [0.5, 0.6) is 0 Å². The molecule has 0 saturated heterocycles. The van der Waals surface area contributed by atoms with Crippen LogP contribution in [0, 0.1) is 5.82 Å². The van der Waals surface area contributed by atoms with Gasteiger partial charge in [0.25, 0.3) is 0 Å². The van der Waals surface area contributed by atoms with Crippen LogP contribution >= 0.6 is 11.6 Å². The van der Waals surface area contributed by atoms with Gasteiger partial charge in [-0.15, -0.1) is 11.6 Å². The van der Waals surface area contributed by atoms with E-state index in [1.807, 2.05) is 0 Å². The average Bonchev–Trinajstić information content (AvgIpc) is 2.74. The van der Waals surface area contributed by atoms with E-state index in [4.69, 9.17) is 11.6 Å². The highest BCUT2D eigenvalue weighted by molar-refractivity contribution is 6.17. The number of rotatable bonds is 1. The van der Waals surface area contributed by atoms with Gasteiger partial charge in [-0.1, -0.05) is 0 Å². The van der Waals surface area contributed by atoms with Gasteiger partial charge < -0.3 is 5.32 Å². The summed E-state index contributed by atoms with van der Waals surface area (Å²) in [5, 5.41) is 7.47. The smallest absolute Gasteiger partial charge is 0.249 e. The van der Waals surface area contributed by atoms with Crippen molar-refractivity contribution in [3.8, 4) is 0 Å². The van der Waals surface area contributed by atoms with E-state index in [1.165, 1.54) is 4.68 Å². The minimum Gasteiger partial charge on any atom is -0.320 e. The van der Waals surface area contributed by atoms with Crippen LogP contribution in [0.1, 0.15) is 18.5 Å². The molecule has 1 aromatic carbocycles. The van der Waals surface area contributed by atoms with E-state index in [-0.39, 0.29) is 17.5 Å². The van der Waals surface area contributed by atoms with Gasteiger partial charge in [0.15, 0.2) is 5.82 Å². The van der Waals surface area contributed by atoms with Crippen LogP contribution in [0.15, 0.2) is 12.3 Å². The molecule has 1 N–H and O–H groups in total. The maximum Gasteiger partial charge on any atom is 0.249 e. The zero-order chi connectivity index (χ0) is 12.2. The molecule has 0 radical (unpaired) electrons. The Kier molecular flexibility index (Phi) is 2.13. The van der Waals surface area contributed by atoms with Crippen molar-refractivity contribution in [3.05, 3.63) is 23.6 Å². The van der Waals surface area contributed by atoms with Crippen LogP contribution in [-0.2, 0) is 10.7 Å². The number of nitrogens with one attached hydrogen (secondary N) is 1. The van der Waals surface area contributed by atoms with Crippen molar-refractivity contribution >= 4 is 34.1 Å². The van der Waals surface area contributed by atoms with Crippen LogP contribution in [0.25, 0.3) is 10.9 Å². The van der Waals surface area contributed by atoms with E-state index in [1.54, 1.807) is 19.2 Å². The lowest BCUT2D eigenvalue weighted by atomic mass is 10.1. The summed E-state index contributed by atoms with van der Waals surface area (Å²) in [5.74, 6) is -0.687. The fraction of sp³-hybridized carbons (Fsp3) is 0.273. The van der Waals surface area contributed by atoms with Gasteiger partial charge in [-0.3, -0.25) is 9.48 Å². The summed E-state index contributed by atoms with van der Waals surface area (Å²) in [6.07, 6.45) is 1.62. The van der Waals surface area contributed by atoms with Crippen LogP contribution in [0.4, 0.5) is 10.1 Å². The molecule has 4 nitrogen and oxygen atoms in total. The van der Waals surface area contributed by atoms with Gasteiger partial charge in [-0.25, -0.2) is 4.39 Å². The molecule has 1 aromatic heterocycles. The molecule has 3 rings (SSSR count). The molecule has 1 aliphatic heterocycles. The van der Waals surface area contributed by atoms with E-state index in [0.29, 0.717) is 11.1 Å². The number of hydrogen-bond acceptors (Lipinski definition) is 2. The fourth-order valence-corrected chi connectivity index (χ4v) is 2.29. The molecule has 0 spiro atoms. The summed E-state index contributed by atoms with van der Waals surface area (Å²) in [7, 11) is 0. The SMILES string of the molecule is C[C@@H]1C(=O)Nc2c(F)c(CCl)cc3cnn1c23. The second kappa shape index (κ2) is 3.43. The molecule has 2 aromatic rings. The predicted molar refractivity (Wildman–Crippen MR) is 62.6 cm³/mol. The number of amides is 1. The van der Waals surface area contributed by atoms with E-state index in [2.05, 4.69) is 10.4 Å². The lowest BCUT2D eigenvalue weighted by Gasteiger charge is -2.22. The Morgan fingerprint density at radius 3 is 3.12 bits per heavy atom. The second-order valence-electron chi connectivity index (χ2n) is 4.05. The monoisotopic (exact) mass is 253 g/mol. The molecule has 1 aliphatic rings. The lowest BCUT2D eigenvalue weighted by molar-refractivity contribution is -0.119. The van der Waals surface area contributed by atoms with E-state index >= 15 is 0 Å². The van der Waals surface area contributed by atoms with E-state index in [9.17, 15) is 9.18 Å². The van der Waals surface area contributed by atoms with Gasteiger partial charge in [0.2, 0.25) is 5.91 Å². The highest BCUT2D eigenvalue weighted by Gasteiger charge is 2.29. The number of halogens is 2. The molecule has 0 fully saturated rings. The van der Waals surface area contributed by atoms with Gasteiger partial charge in [0, 0.05) is 10.9 Å². The first-order chi connectivity index (χ1) is 8.13. The molecule has 0 aliphatic carbocycles. The molecule has 1 amide bonds.